The minimum absolute atomic E-state index is 0.0101. The molecule has 2 radical (unpaired) electrons. The summed E-state index contributed by atoms with van der Waals surface area (Å²) in [5.41, 5.74) is -3.03. The first kappa shape index (κ1) is 37.4. The molecule has 0 saturated carbocycles. The van der Waals surface area contributed by atoms with Crippen LogP contribution in [0.15, 0.2) is 69.2 Å². The molecule has 0 bridgehead atoms. The van der Waals surface area contributed by atoms with Crippen molar-refractivity contribution < 1.29 is 31.6 Å². The van der Waals surface area contributed by atoms with Crippen molar-refractivity contribution in [1.29, 1.82) is 0 Å². The van der Waals surface area contributed by atoms with Crippen LogP contribution < -0.4 is 26.6 Å². The van der Waals surface area contributed by atoms with Gasteiger partial charge in [-0.1, -0.05) is 6.07 Å². The summed E-state index contributed by atoms with van der Waals surface area (Å²) in [6.45, 7) is 8.52. The molecule has 4 aromatic rings. The summed E-state index contributed by atoms with van der Waals surface area (Å²) >= 11 is 0. The van der Waals surface area contributed by atoms with Gasteiger partial charge in [0, 0.05) is 48.1 Å². The number of carbonyl (C=O) groups excluding carboxylic acids is 3. The molecule has 13 nitrogen and oxygen atoms in total. The second-order valence-corrected chi connectivity index (χ2v) is 14.2. The fourth-order valence-corrected chi connectivity index (χ4v) is 5.78. The predicted molar refractivity (Wildman–Crippen MR) is 181 cm³/mol. The van der Waals surface area contributed by atoms with Gasteiger partial charge in [0.2, 0.25) is 0 Å². The van der Waals surface area contributed by atoms with E-state index in [4.69, 9.17) is 7.85 Å². The number of nitrogens with one attached hydrogen (secondary N) is 3. The van der Waals surface area contributed by atoms with Crippen LogP contribution in [0.5, 0.6) is 0 Å². The molecule has 0 aliphatic carbocycles. The number of sulfonamides is 1. The second kappa shape index (κ2) is 14.2. The summed E-state index contributed by atoms with van der Waals surface area (Å²) in [5, 5.41) is 4.96. The normalized spacial score (nSPS) is 12.2. The molecule has 3 N–H and O–H groups in total. The Balaban J connectivity index is 1.49. The maximum Gasteiger partial charge on any atom is 0.336 e. The van der Waals surface area contributed by atoms with E-state index in [0.717, 1.165) is 16.7 Å². The first-order chi connectivity index (χ1) is 23.2. The third kappa shape index (κ3) is 8.22. The smallest absolute Gasteiger partial charge is 0.336 e. The van der Waals surface area contributed by atoms with E-state index in [-0.39, 0.29) is 22.7 Å². The molecule has 0 spiro atoms. The molecule has 2 aromatic heterocycles. The zero-order chi connectivity index (χ0) is 37.3. The van der Waals surface area contributed by atoms with Gasteiger partial charge in [-0.05, 0) is 76.6 Å². The number of carbonyl (C=O) groups is 3. The van der Waals surface area contributed by atoms with E-state index >= 15 is 8.78 Å². The van der Waals surface area contributed by atoms with Gasteiger partial charge in [-0.3, -0.25) is 19.1 Å². The zero-order valence-corrected chi connectivity index (χ0v) is 28.7. The van der Waals surface area contributed by atoms with E-state index in [0.29, 0.717) is 29.0 Å². The van der Waals surface area contributed by atoms with Crippen LogP contribution in [0, 0.1) is 25.5 Å². The Bertz CT molecular complexity index is 2190. The van der Waals surface area contributed by atoms with Gasteiger partial charge in [-0.2, -0.15) is 0 Å². The first-order valence-electron chi connectivity index (χ1n) is 15.0. The second-order valence-electron chi connectivity index (χ2n) is 12.5. The van der Waals surface area contributed by atoms with Crippen LogP contribution in [0.3, 0.4) is 0 Å². The highest BCUT2D eigenvalue weighted by atomic mass is 32.2. The van der Waals surface area contributed by atoms with E-state index in [1.54, 1.807) is 34.6 Å². The molecule has 4 rings (SSSR count). The Morgan fingerprint density at radius 3 is 2.16 bits per heavy atom. The molecule has 0 aliphatic heterocycles. The third-order valence-electron chi connectivity index (χ3n) is 7.64. The number of aromatic nitrogens is 3. The minimum Gasteiger partial charge on any atom is -0.347 e. The van der Waals surface area contributed by atoms with Gasteiger partial charge in [0.15, 0.2) is 7.85 Å². The van der Waals surface area contributed by atoms with E-state index in [1.807, 2.05) is 4.72 Å². The number of pyridine rings is 1. The van der Waals surface area contributed by atoms with Gasteiger partial charge < -0.3 is 20.0 Å². The molecule has 260 valence electrons. The molecule has 2 heterocycles. The van der Waals surface area contributed by atoms with Crippen LogP contribution in [0.4, 0.5) is 14.5 Å². The van der Waals surface area contributed by atoms with E-state index in [1.165, 1.54) is 42.1 Å². The Kier molecular flexibility index (Phi) is 10.6. The summed E-state index contributed by atoms with van der Waals surface area (Å²) < 4.78 is 60.0. The maximum absolute atomic E-state index is 15.1. The van der Waals surface area contributed by atoms with Crippen molar-refractivity contribution in [3.05, 3.63) is 115 Å². The quantitative estimate of drug-likeness (QED) is 0.210. The van der Waals surface area contributed by atoms with Crippen molar-refractivity contribution in [3.8, 4) is 5.82 Å². The van der Waals surface area contributed by atoms with Crippen molar-refractivity contribution in [3.63, 3.8) is 0 Å². The van der Waals surface area contributed by atoms with Gasteiger partial charge in [-0.25, -0.2) is 31.5 Å². The van der Waals surface area contributed by atoms with Gasteiger partial charge >= 0.3 is 5.69 Å². The van der Waals surface area contributed by atoms with Gasteiger partial charge in [0.05, 0.1) is 27.9 Å². The fraction of sp³-hybridized carbons (Fsp3) is 0.273. The molecule has 0 unspecified atom stereocenters. The lowest BCUT2D eigenvalue weighted by Crippen LogP contribution is -2.43. The number of hydrogen-bond acceptors (Lipinski definition) is 8. The fourth-order valence-electron chi connectivity index (χ4n) is 4.72. The number of halogens is 2. The summed E-state index contributed by atoms with van der Waals surface area (Å²) in [6.07, 6.45) is 1.01. The molecule has 50 heavy (non-hydrogen) atoms. The highest BCUT2D eigenvalue weighted by Crippen LogP contribution is 2.24. The largest absolute Gasteiger partial charge is 0.347 e. The lowest BCUT2D eigenvalue weighted by atomic mass is 9.90. The lowest BCUT2D eigenvalue weighted by molar-refractivity contribution is -0.113. The van der Waals surface area contributed by atoms with Crippen molar-refractivity contribution in [2.45, 2.75) is 57.5 Å². The highest BCUT2D eigenvalue weighted by Gasteiger charge is 2.25. The average Bonchev–Trinajstić information content (AvgIpc) is 3.04. The number of benzene rings is 2. The number of nitrogens with zero attached hydrogens (tertiary/aromatic N) is 3. The summed E-state index contributed by atoms with van der Waals surface area (Å²) in [4.78, 5) is 66.7. The monoisotopic (exact) mass is 706 g/mol. The highest BCUT2D eigenvalue weighted by molar-refractivity contribution is 7.92. The standard InChI is InChI=1S/C33H33BF2N6O7S/c1-17-18(2)41(6)32(47)42(31(17)46)27-12-7-19(16-37-27)13-26(28(34)43)38-30(45)22-14-24(36)25(15-23(22)35)40-50(48,49)21-10-8-20(9-11-21)29(44)39-33(3,4)5/h7-12,14-16,26,40H,13H2,1-6H3,(H,38,45)(H,39,44)/t26-/m0/s1. The zero-order valence-electron chi connectivity index (χ0n) is 27.9. The van der Waals surface area contributed by atoms with Gasteiger partial charge in [0.1, 0.15) is 17.5 Å². The van der Waals surface area contributed by atoms with Crippen molar-refractivity contribution in [1.82, 2.24) is 24.8 Å². The molecular weight excluding hydrogens is 673 g/mol. The van der Waals surface area contributed by atoms with Gasteiger partial charge in [0.25, 0.3) is 27.4 Å². The number of hydrogen-bond donors (Lipinski definition) is 3. The van der Waals surface area contributed by atoms with Crippen molar-refractivity contribution in [2.75, 3.05) is 4.72 Å². The summed E-state index contributed by atoms with van der Waals surface area (Å²) in [5.74, 6) is -4.27. The van der Waals surface area contributed by atoms with E-state index < -0.39 is 73.2 Å². The van der Waals surface area contributed by atoms with Crippen LogP contribution in [0.2, 0.25) is 0 Å². The number of amides is 2. The van der Waals surface area contributed by atoms with Crippen molar-refractivity contribution in [2.24, 2.45) is 7.05 Å². The molecule has 17 heteroatoms. The Hall–Kier alpha value is -5.45. The Morgan fingerprint density at radius 1 is 0.960 bits per heavy atom. The number of anilines is 1. The van der Waals surface area contributed by atoms with Crippen LogP contribution in [0.25, 0.3) is 5.82 Å². The maximum atomic E-state index is 15.1. The van der Waals surface area contributed by atoms with E-state index in [2.05, 4.69) is 15.6 Å². The first-order valence-corrected chi connectivity index (χ1v) is 16.5. The minimum atomic E-state index is -4.45. The van der Waals surface area contributed by atoms with Crippen LogP contribution in [-0.4, -0.2) is 59.5 Å². The molecule has 0 saturated heterocycles. The van der Waals surface area contributed by atoms with Crippen LogP contribution in [-0.2, 0) is 28.3 Å². The Morgan fingerprint density at radius 2 is 1.60 bits per heavy atom. The molecule has 0 aliphatic rings. The van der Waals surface area contributed by atoms with Gasteiger partial charge in [-0.15, -0.1) is 0 Å². The topological polar surface area (TPSA) is 178 Å². The molecule has 1 atom stereocenters. The predicted octanol–water partition coefficient (Wildman–Crippen LogP) is 2.19. The lowest BCUT2D eigenvalue weighted by Gasteiger charge is -2.20. The average molecular weight is 707 g/mol. The number of rotatable bonds is 10. The molecule has 2 aromatic carbocycles. The van der Waals surface area contributed by atoms with Crippen LogP contribution >= 0.6 is 0 Å². The SMILES string of the molecule is [B]C(=O)[C@H](Cc1ccc(-n2c(=O)c(C)c(C)n(C)c2=O)nc1)NC(=O)c1cc(F)c(NS(=O)(=O)c2ccc(C(=O)NC(C)(C)C)cc2)cc1F. The molecular formula is C33H33BF2N6O7S. The molecule has 0 fully saturated rings. The molecule has 2 amide bonds. The Labute approximate surface area is 287 Å². The third-order valence-corrected chi connectivity index (χ3v) is 9.02. The summed E-state index contributed by atoms with van der Waals surface area (Å²) in [6, 6.07) is 7.05. The van der Waals surface area contributed by atoms with Crippen LogP contribution in [0.1, 0.15) is 58.3 Å². The summed E-state index contributed by atoms with van der Waals surface area (Å²) in [7, 11) is 2.51. The van der Waals surface area contributed by atoms with E-state index in [9.17, 15) is 32.4 Å². The van der Waals surface area contributed by atoms with Crippen molar-refractivity contribution >= 4 is 41.1 Å².